The van der Waals surface area contributed by atoms with Crippen molar-refractivity contribution < 1.29 is 19.8 Å². The highest BCUT2D eigenvalue weighted by Gasteiger charge is 2.38. The average Bonchev–Trinajstić information content (AvgIpc) is 2.71. The van der Waals surface area contributed by atoms with Crippen molar-refractivity contribution in [1.82, 2.24) is 4.90 Å². The summed E-state index contributed by atoms with van der Waals surface area (Å²) >= 11 is 0. The minimum atomic E-state index is -1.82. The molecule has 3 fully saturated rings. The van der Waals surface area contributed by atoms with E-state index in [-0.39, 0.29) is 0 Å². The van der Waals surface area contributed by atoms with Crippen molar-refractivity contribution in [1.29, 1.82) is 0 Å². The molecular formula is C22H25NO4. The summed E-state index contributed by atoms with van der Waals surface area (Å²) in [6.07, 6.45) is 4.19. The minimum Gasteiger partial charge on any atom is -0.473 e. The Morgan fingerprint density at radius 1 is 0.815 bits per heavy atom. The Morgan fingerprint density at radius 3 is 1.59 bits per heavy atom. The zero-order valence-electron chi connectivity index (χ0n) is 15.2. The quantitative estimate of drug-likeness (QED) is 0.813. The van der Waals surface area contributed by atoms with E-state index in [2.05, 4.69) is 65.6 Å². The van der Waals surface area contributed by atoms with Crippen LogP contribution in [0.25, 0.3) is 0 Å². The summed E-state index contributed by atoms with van der Waals surface area (Å²) in [6.45, 7) is 2.59. The fourth-order valence-electron chi connectivity index (χ4n) is 4.32. The summed E-state index contributed by atoms with van der Waals surface area (Å²) in [5.41, 5.74) is 2.95. The molecule has 0 saturated carbocycles. The van der Waals surface area contributed by atoms with Crippen molar-refractivity contribution in [2.24, 2.45) is 5.92 Å². The van der Waals surface area contributed by atoms with Crippen LogP contribution in [0.1, 0.15) is 36.3 Å². The van der Waals surface area contributed by atoms with Gasteiger partial charge in [0.05, 0.1) is 0 Å². The summed E-state index contributed by atoms with van der Waals surface area (Å²) in [6, 6.07) is 22.9. The fraction of sp³-hybridized carbons (Fsp3) is 0.364. The van der Waals surface area contributed by atoms with Gasteiger partial charge in [0.25, 0.3) is 0 Å². The van der Waals surface area contributed by atoms with Crippen molar-refractivity contribution in [3.8, 4) is 0 Å². The van der Waals surface area contributed by atoms with E-state index < -0.39 is 11.9 Å². The van der Waals surface area contributed by atoms with Gasteiger partial charge in [-0.2, -0.15) is 0 Å². The Labute approximate surface area is 159 Å². The first-order valence-corrected chi connectivity index (χ1v) is 9.36. The summed E-state index contributed by atoms with van der Waals surface area (Å²) in [5, 5.41) is 14.8. The lowest BCUT2D eigenvalue weighted by Crippen LogP contribution is -2.51. The maximum atomic E-state index is 9.10. The van der Waals surface area contributed by atoms with Crippen LogP contribution in [0.4, 0.5) is 0 Å². The number of piperidine rings is 3. The maximum absolute atomic E-state index is 9.10. The molecule has 1 atom stereocenters. The first-order chi connectivity index (χ1) is 13.1. The molecule has 5 heteroatoms. The SMILES string of the molecule is O=C(O)C(=O)O.c1ccc(C(c2ccccc2)C2CC3CCN2CC3)cc1. The summed E-state index contributed by atoms with van der Waals surface area (Å²) in [5.74, 6) is -2.17. The third-order valence-corrected chi connectivity index (χ3v) is 5.58. The molecule has 0 spiro atoms. The molecule has 5 rings (SSSR count). The molecule has 2 aromatic rings. The highest BCUT2D eigenvalue weighted by Crippen LogP contribution is 2.41. The zero-order valence-corrected chi connectivity index (χ0v) is 15.2. The number of carbonyl (C=O) groups is 2. The van der Waals surface area contributed by atoms with Crippen LogP contribution in [0.3, 0.4) is 0 Å². The number of hydrogen-bond donors (Lipinski definition) is 2. The van der Waals surface area contributed by atoms with Gasteiger partial charge in [0.15, 0.2) is 0 Å². The smallest absolute Gasteiger partial charge is 0.414 e. The summed E-state index contributed by atoms with van der Waals surface area (Å²) in [7, 11) is 0. The molecule has 5 nitrogen and oxygen atoms in total. The van der Waals surface area contributed by atoms with Gasteiger partial charge in [0.2, 0.25) is 0 Å². The van der Waals surface area contributed by atoms with Gasteiger partial charge >= 0.3 is 11.9 Å². The Balaban J connectivity index is 0.000000307. The normalized spacial score (nSPS) is 23.4. The fourth-order valence-corrected chi connectivity index (χ4v) is 4.32. The third-order valence-electron chi connectivity index (χ3n) is 5.58. The van der Waals surface area contributed by atoms with Crippen molar-refractivity contribution in [2.75, 3.05) is 13.1 Å². The largest absolute Gasteiger partial charge is 0.473 e. The molecule has 27 heavy (non-hydrogen) atoms. The first-order valence-electron chi connectivity index (χ1n) is 9.36. The molecule has 1 unspecified atom stereocenters. The van der Waals surface area contributed by atoms with E-state index in [9.17, 15) is 0 Å². The number of benzene rings is 2. The Hall–Kier alpha value is -2.66. The lowest BCUT2D eigenvalue weighted by Gasteiger charge is -2.48. The second kappa shape index (κ2) is 8.82. The monoisotopic (exact) mass is 367 g/mol. The van der Waals surface area contributed by atoms with Crippen molar-refractivity contribution in [3.63, 3.8) is 0 Å². The molecule has 2 aromatic carbocycles. The van der Waals surface area contributed by atoms with Gasteiger partial charge < -0.3 is 10.2 Å². The standard InChI is InChI=1S/C20H23N.C2H2O4/c1-3-7-17(8-4-1)20(18-9-5-2-6-10-18)19-15-16-11-13-21(19)14-12-16;3-1(4)2(5)6/h1-10,16,19-20H,11-15H2;(H,3,4)(H,5,6). The summed E-state index contributed by atoms with van der Waals surface area (Å²) in [4.78, 5) is 20.9. The van der Waals surface area contributed by atoms with E-state index in [0.29, 0.717) is 12.0 Å². The second-order valence-electron chi connectivity index (χ2n) is 7.19. The predicted molar refractivity (Wildman–Crippen MR) is 103 cm³/mol. The number of hydrogen-bond acceptors (Lipinski definition) is 3. The number of rotatable bonds is 3. The van der Waals surface area contributed by atoms with Crippen molar-refractivity contribution in [2.45, 2.75) is 31.2 Å². The molecule has 0 radical (unpaired) electrons. The van der Waals surface area contributed by atoms with Gasteiger partial charge in [-0.25, -0.2) is 9.59 Å². The molecule has 0 aromatic heterocycles. The van der Waals surface area contributed by atoms with Crippen LogP contribution in [-0.4, -0.2) is 46.2 Å². The average molecular weight is 367 g/mol. The Morgan fingerprint density at radius 2 is 1.26 bits per heavy atom. The lowest BCUT2D eigenvalue weighted by atomic mass is 9.74. The minimum absolute atomic E-state index is 0.524. The summed E-state index contributed by atoms with van der Waals surface area (Å²) < 4.78 is 0. The molecule has 3 aliphatic heterocycles. The van der Waals surface area contributed by atoms with Crippen LogP contribution in [-0.2, 0) is 9.59 Å². The van der Waals surface area contributed by atoms with Gasteiger partial charge in [0.1, 0.15) is 0 Å². The van der Waals surface area contributed by atoms with Crippen molar-refractivity contribution in [3.05, 3.63) is 71.8 Å². The van der Waals surface area contributed by atoms with E-state index in [1.807, 2.05) is 0 Å². The number of fused-ring (bicyclic) bond motifs is 3. The van der Waals surface area contributed by atoms with Gasteiger partial charge in [-0.05, 0) is 49.4 Å². The van der Waals surface area contributed by atoms with Crippen molar-refractivity contribution >= 4 is 11.9 Å². The maximum Gasteiger partial charge on any atom is 0.414 e. The van der Waals surface area contributed by atoms with Crippen LogP contribution in [0, 0.1) is 5.92 Å². The molecular weight excluding hydrogens is 342 g/mol. The van der Waals surface area contributed by atoms with Crippen LogP contribution in [0.2, 0.25) is 0 Å². The molecule has 2 N–H and O–H groups in total. The van der Waals surface area contributed by atoms with Gasteiger partial charge in [-0.15, -0.1) is 0 Å². The van der Waals surface area contributed by atoms with Crippen LogP contribution >= 0.6 is 0 Å². The van der Waals surface area contributed by atoms with E-state index in [1.165, 1.54) is 43.5 Å². The van der Waals surface area contributed by atoms with Gasteiger partial charge in [-0.3, -0.25) is 4.90 Å². The van der Waals surface area contributed by atoms with Gasteiger partial charge in [-0.1, -0.05) is 60.7 Å². The molecule has 3 aliphatic rings. The molecule has 2 bridgehead atoms. The number of carboxylic acid groups (broad SMARTS) is 2. The van der Waals surface area contributed by atoms with Crippen LogP contribution in [0.5, 0.6) is 0 Å². The highest BCUT2D eigenvalue weighted by atomic mass is 16.4. The molecule has 142 valence electrons. The van der Waals surface area contributed by atoms with E-state index >= 15 is 0 Å². The lowest BCUT2D eigenvalue weighted by molar-refractivity contribution is -0.159. The van der Waals surface area contributed by atoms with E-state index in [0.717, 1.165) is 5.92 Å². The number of aliphatic carboxylic acids is 2. The third kappa shape index (κ3) is 4.74. The molecule has 0 amide bonds. The predicted octanol–water partition coefficient (Wildman–Crippen LogP) is 3.46. The second-order valence-corrected chi connectivity index (χ2v) is 7.19. The van der Waals surface area contributed by atoms with Crippen LogP contribution < -0.4 is 0 Å². The Bertz CT molecular complexity index is 703. The first kappa shape index (κ1) is 19.1. The van der Waals surface area contributed by atoms with Crippen LogP contribution in [0.15, 0.2) is 60.7 Å². The molecule has 0 aliphatic carbocycles. The topological polar surface area (TPSA) is 77.8 Å². The number of carboxylic acids is 2. The van der Waals surface area contributed by atoms with E-state index in [4.69, 9.17) is 19.8 Å². The van der Waals surface area contributed by atoms with E-state index in [1.54, 1.807) is 0 Å². The Kier molecular flexibility index (Phi) is 6.24. The van der Waals surface area contributed by atoms with Gasteiger partial charge in [0, 0.05) is 12.0 Å². The molecule has 3 saturated heterocycles. The zero-order chi connectivity index (χ0) is 19.2. The number of nitrogens with zero attached hydrogens (tertiary/aromatic N) is 1. The highest BCUT2D eigenvalue weighted by molar-refractivity contribution is 6.27. The molecule has 3 heterocycles.